The van der Waals surface area contributed by atoms with Crippen molar-refractivity contribution in [2.75, 3.05) is 39.3 Å². The van der Waals surface area contributed by atoms with E-state index in [-0.39, 0.29) is 22.3 Å². The van der Waals surface area contributed by atoms with E-state index in [1.165, 1.54) is 10.4 Å². The lowest BCUT2D eigenvalue weighted by Gasteiger charge is -2.39. The van der Waals surface area contributed by atoms with Crippen molar-refractivity contribution in [3.05, 3.63) is 65.7 Å². The zero-order chi connectivity index (χ0) is 24.3. The lowest BCUT2D eigenvalue weighted by molar-refractivity contribution is -0.137. The molecule has 2 aromatic carbocycles. The van der Waals surface area contributed by atoms with E-state index in [4.69, 9.17) is 0 Å². The predicted octanol–water partition coefficient (Wildman–Crippen LogP) is 3.12. The number of carbonyl (C=O) groups is 2. The highest BCUT2D eigenvalue weighted by Crippen LogP contribution is 2.28. The molecule has 8 heteroatoms. The third kappa shape index (κ3) is 4.74. The van der Waals surface area contributed by atoms with Gasteiger partial charge in [0.15, 0.2) is 0 Å². The molecular formula is C26H33N3O4S. The van der Waals surface area contributed by atoms with Crippen molar-refractivity contribution in [1.82, 2.24) is 14.1 Å². The van der Waals surface area contributed by atoms with Crippen LogP contribution in [0.25, 0.3) is 0 Å². The van der Waals surface area contributed by atoms with Crippen LogP contribution in [-0.4, -0.2) is 73.6 Å². The summed E-state index contributed by atoms with van der Waals surface area (Å²) in [7, 11) is -3.73. The number of amides is 2. The van der Waals surface area contributed by atoms with Crippen LogP contribution in [0.3, 0.4) is 0 Å². The number of carbonyl (C=O) groups excluding carboxylic acids is 2. The molecule has 2 saturated heterocycles. The summed E-state index contributed by atoms with van der Waals surface area (Å²) < 4.78 is 28.1. The number of sulfonamides is 1. The maximum atomic E-state index is 13.4. The van der Waals surface area contributed by atoms with Crippen molar-refractivity contribution in [2.45, 2.75) is 43.4 Å². The summed E-state index contributed by atoms with van der Waals surface area (Å²) in [5.74, 6) is -0.274. The van der Waals surface area contributed by atoms with Crippen LogP contribution in [0.1, 0.15) is 49.0 Å². The minimum Gasteiger partial charge on any atom is -0.338 e. The number of rotatable bonds is 5. The minimum atomic E-state index is -3.73. The number of nitrogens with zero attached hydrogens (tertiary/aromatic N) is 3. The molecule has 2 fully saturated rings. The molecule has 2 amide bonds. The van der Waals surface area contributed by atoms with Crippen molar-refractivity contribution < 1.29 is 18.0 Å². The first kappa shape index (κ1) is 24.4. The average Bonchev–Trinajstić information content (AvgIpc) is 2.89. The van der Waals surface area contributed by atoms with E-state index in [1.807, 2.05) is 44.2 Å². The van der Waals surface area contributed by atoms with Gasteiger partial charge in [0.05, 0.1) is 15.9 Å². The molecule has 2 heterocycles. The van der Waals surface area contributed by atoms with Gasteiger partial charge >= 0.3 is 0 Å². The second kappa shape index (κ2) is 9.88. The Labute approximate surface area is 202 Å². The molecule has 0 aliphatic carbocycles. The molecule has 0 radical (unpaired) electrons. The fourth-order valence-corrected chi connectivity index (χ4v) is 6.47. The number of hydrogen-bond acceptors (Lipinski definition) is 4. The second-order valence-electron chi connectivity index (χ2n) is 9.54. The molecule has 2 aromatic rings. The molecule has 2 aliphatic heterocycles. The number of hydrogen-bond donors (Lipinski definition) is 0. The SMILES string of the molecule is CC(C)(C(=O)N1CCN(C(=O)c2ccccc2S(=O)(=O)N2CCCCC2)CC1)c1ccccc1. The van der Waals surface area contributed by atoms with Gasteiger partial charge < -0.3 is 9.80 Å². The first-order chi connectivity index (χ1) is 16.2. The predicted molar refractivity (Wildman–Crippen MR) is 131 cm³/mol. The van der Waals surface area contributed by atoms with Crippen LogP contribution in [0.15, 0.2) is 59.5 Å². The molecule has 2 aliphatic rings. The van der Waals surface area contributed by atoms with Crippen LogP contribution < -0.4 is 0 Å². The van der Waals surface area contributed by atoms with Crippen molar-refractivity contribution in [2.24, 2.45) is 0 Å². The largest absolute Gasteiger partial charge is 0.338 e. The highest BCUT2D eigenvalue weighted by atomic mass is 32.2. The molecule has 182 valence electrons. The maximum absolute atomic E-state index is 13.4. The molecule has 0 bridgehead atoms. The third-order valence-corrected chi connectivity index (χ3v) is 8.89. The topological polar surface area (TPSA) is 78.0 Å². The first-order valence-electron chi connectivity index (χ1n) is 12.0. The number of benzene rings is 2. The molecule has 0 atom stereocenters. The fourth-order valence-electron chi connectivity index (χ4n) is 4.77. The number of piperazine rings is 1. The van der Waals surface area contributed by atoms with Gasteiger partial charge in [-0.3, -0.25) is 9.59 Å². The van der Waals surface area contributed by atoms with E-state index in [0.717, 1.165) is 24.8 Å². The van der Waals surface area contributed by atoms with Crippen LogP contribution in [0.5, 0.6) is 0 Å². The van der Waals surface area contributed by atoms with Gasteiger partial charge in [-0.15, -0.1) is 0 Å². The van der Waals surface area contributed by atoms with Crippen molar-refractivity contribution in [3.8, 4) is 0 Å². The Balaban J connectivity index is 1.47. The van der Waals surface area contributed by atoms with Gasteiger partial charge in [0, 0.05) is 39.3 Å². The molecule has 0 N–H and O–H groups in total. The molecule has 0 spiro atoms. The third-order valence-electron chi connectivity index (χ3n) is 6.93. The van der Waals surface area contributed by atoms with Crippen LogP contribution in [0, 0.1) is 0 Å². The molecule has 4 rings (SSSR count). The zero-order valence-corrected chi connectivity index (χ0v) is 20.8. The highest BCUT2D eigenvalue weighted by Gasteiger charge is 2.37. The lowest BCUT2D eigenvalue weighted by atomic mass is 9.83. The van der Waals surface area contributed by atoms with Gasteiger partial charge in [-0.2, -0.15) is 4.31 Å². The lowest BCUT2D eigenvalue weighted by Crippen LogP contribution is -2.54. The molecule has 0 saturated carbocycles. The number of piperidine rings is 1. The Bertz CT molecular complexity index is 1130. The summed E-state index contributed by atoms with van der Waals surface area (Å²) in [5.41, 5.74) is 0.496. The second-order valence-corrected chi connectivity index (χ2v) is 11.4. The average molecular weight is 484 g/mol. The van der Waals surface area contributed by atoms with Gasteiger partial charge in [0.2, 0.25) is 15.9 Å². The monoisotopic (exact) mass is 483 g/mol. The summed E-state index contributed by atoms with van der Waals surface area (Å²) >= 11 is 0. The first-order valence-corrected chi connectivity index (χ1v) is 13.4. The van der Waals surface area contributed by atoms with Crippen molar-refractivity contribution in [3.63, 3.8) is 0 Å². The molecular weight excluding hydrogens is 450 g/mol. The van der Waals surface area contributed by atoms with E-state index >= 15 is 0 Å². The van der Waals surface area contributed by atoms with Crippen molar-refractivity contribution in [1.29, 1.82) is 0 Å². The maximum Gasteiger partial charge on any atom is 0.255 e. The summed E-state index contributed by atoms with van der Waals surface area (Å²) in [6.07, 6.45) is 2.70. The van der Waals surface area contributed by atoms with E-state index < -0.39 is 15.4 Å². The normalized spacial score (nSPS) is 18.1. The van der Waals surface area contributed by atoms with E-state index in [9.17, 15) is 18.0 Å². The summed E-state index contributed by atoms with van der Waals surface area (Å²) in [4.78, 5) is 30.2. The van der Waals surface area contributed by atoms with Gasteiger partial charge in [-0.25, -0.2) is 8.42 Å². The Morgan fingerprint density at radius 1 is 0.735 bits per heavy atom. The summed E-state index contributed by atoms with van der Waals surface area (Å²) in [6, 6.07) is 16.2. The fraction of sp³-hybridized carbons (Fsp3) is 0.462. The summed E-state index contributed by atoms with van der Waals surface area (Å²) in [5, 5.41) is 0. The van der Waals surface area contributed by atoms with E-state index in [1.54, 1.807) is 28.0 Å². The van der Waals surface area contributed by atoms with Gasteiger partial charge in [0.25, 0.3) is 5.91 Å². The molecule has 0 unspecified atom stereocenters. The zero-order valence-electron chi connectivity index (χ0n) is 19.9. The molecule has 7 nitrogen and oxygen atoms in total. The summed E-state index contributed by atoms with van der Waals surface area (Å²) in [6.45, 7) is 6.39. The van der Waals surface area contributed by atoms with E-state index in [0.29, 0.717) is 39.3 Å². The van der Waals surface area contributed by atoms with Crippen LogP contribution in [0.4, 0.5) is 0 Å². The van der Waals surface area contributed by atoms with Crippen LogP contribution >= 0.6 is 0 Å². The minimum absolute atomic E-state index is 0.0267. The van der Waals surface area contributed by atoms with Gasteiger partial charge in [-0.05, 0) is 44.4 Å². The smallest absolute Gasteiger partial charge is 0.255 e. The van der Waals surface area contributed by atoms with Gasteiger partial charge in [-0.1, -0.05) is 48.9 Å². The Morgan fingerprint density at radius 2 is 1.29 bits per heavy atom. The standard InChI is InChI=1S/C26H33N3O4S/c1-26(2,21-11-5-3-6-12-21)25(31)28-19-17-27(18-20-28)24(30)22-13-7-8-14-23(22)34(32,33)29-15-9-4-10-16-29/h3,5-8,11-14H,4,9-10,15-20H2,1-2H3. The van der Waals surface area contributed by atoms with E-state index in [2.05, 4.69) is 0 Å². The highest BCUT2D eigenvalue weighted by molar-refractivity contribution is 7.89. The van der Waals surface area contributed by atoms with Crippen LogP contribution in [0.2, 0.25) is 0 Å². The quantitative estimate of drug-likeness (QED) is 0.655. The molecule has 0 aromatic heterocycles. The molecule has 34 heavy (non-hydrogen) atoms. The Kier molecular flexibility index (Phi) is 7.09. The van der Waals surface area contributed by atoms with Gasteiger partial charge in [0.1, 0.15) is 0 Å². The Hall–Kier alpha value is -2.71. The Morgan fingerprint density at radius 3 is 1.94 bits per heavy atom. The van der Waals surface area contributed by atoms with Crippen molar-refractivity contribution >= 4 is 21.8 Å². The van der Waals surface area contributed by atoms with Crippen LogP contribution in [-0.2, 0) is 20.2 Å².